The van der Waals surface area contributed by atoms with Gasteiger partial charge in [0.05, 0.1) is 6.33 Å². The minimum atomic E-state index is -0.101. The van der Waals surface area contributed by atoms with Crippen molar-refractivity contribution in [2.45, 2.75) is 20.0 Å². The molecule has 4 rings (SSSR count). The maximum absolute atomic E-state index is 12.2. The Hall–Kier alpha value is -3.81. The summed E-state index contributed by atoms with van der Waals surface area (Å²) < 4.78 is 6.96. The van der Waals surface area contributed by atoms with Crippen molar-refractivity contribution in [3.63, 3.8) is 0 Å². The van der Waals surface area contributed by atoms with Gasteiger partial charge in [0, 0.05) is 30.7 Å². The van der Waals surface area contributed by atoms with E-state index in [2.05, 4.69) is 25.4 Å². The van der Waals surface area contributed by atoms with Gasteiger partial charge in [-0.05, 0) is 24.6 Å². The van der Waals surface area contributed by atoms with Crippen LogP contribution < -0.4 is 5.32 Å². The number of aromatic nitrogens is 5. The molecule has 3 heterocycles. The van der Waals surface area contributed by atoms with Crippen molar-refractivity contribution in [3.05, 3.63) is 72.4 Å². The molecule has 0 bridgehead atoms. The molecular weight excluding hydrogens is 356 g/mol. The molecule has 140 valence electrons. The first-order valence-corrected chi connectivity index (χ1v) is 8.76. The maximum atomic E-state index is 12.2. The summed E-state index contributed by atoms with van der Waals surface area (Å²) in [7, 11) is 0. The molecule has 0 aliphatic carbocycles. The number of hydrogen-bond acceptors (Lipinski definition) is 6. The number of imidazole rings is 1. The molecule has 0 saturated carbocycles. The van der Waals surface area contributed by atoms with E-state index in [0.717, 1.165) is 16.7 Å². The lowest BCUT2D eigenvalue weighted by molar-refractivity contribution is -0.121. The van der Waals surface area contributed by atoms with Crippen LogP contribution in [0.15, 0.2) is 65.8 Å². The molecule has 28 heavy (non-hydrogen) atoms. The van der Waals surface area contributed by atoms with E-state index in [0.29, 0.717) is 24.0 Å². The zero-order valence-electron chi connectivity index (χ0n) is 15.2. The molecule has 1 aromatic carbocycles. The highest BCUT2D eigenvalue weighted by Gasteiger charge is 2.13. The fourth-order valence-electron chi connectivity index (χ4n) is 2.75. The predicted octanol–water partition coefficient (Wildman–Crippen LogP) is 2.62. The third kappa shape index (κ3) is 4.12. The van der Waals surface area contributed by atoms with Crippen LogP contribution in [0.5, 0.6) is 0 Å². The van der Waals surface area contributed by atoms with E-state index < -0.39 is 0 Å². The van der Waals surface area contributed by atoms with E-state index in [1.54, 1.807) is 41.6 Å². The number of amides is 1. The van der Waals surface area contributed by atoms with Crippen molar-refractivity contribution in [1.82, 2.24) is 30.0 Å². The molecule has 3 aromatic heterocycles. The molecule has 0 unspecified atom stereocenters. The summed E-state index contributed by atoms with van der Waals surface area (Å²) in [4.78, 5) is 24.8. The van der Waals surface area contributed by atoms with Gasteiger partial charge in [-0.2, -0.15) is 4.98 Å². The van der Waals surface area contributed by atoms with E-state index in [1.165, 1.54) is 0 Å². The molecule has 1 N–H and O–H groups in total. The molecule has 0 saturated heterocycles. The number of nitrogens with one attached hydrogen (secondary N) is 1. The lowest BCUT2D eigenvalue weighted by Crippen LogP contribution is -2.26. The van der Waals surface area contributed by atoms with Gasteiger partial charge in [0.2, 0.25) is 11.7 Å². The SMILES string of the molecule is Cc1cccc(CNC(=O)Cn2cnc(-c3noc(-c4ccncc4)n3)c2)c1. The van der Waals surface area contributed by atoms with Crippen LogP contribution >= 0.6 is 0 Å². The summed E-state index contributed by atoms with van der Waals surface area (Å²) in [5, 5.41) is 6.86. The summed E-state index contributed by atoms with van der Waals surface area (Å²) in [5.74, 6) is 0.657. The predicted molar refractivity (Wildman–Crippen MR) is 102 cm³/mol. The second kappa shape index (κ2) is 7.83. The number of nitrogens with zero attached hydrogens (tertiary/aromatic N) is 5. The third-order valence-electron chi connectivity index (χ3n) is 4.11. The van der Waals surface area contributed by atoms with E-state index in [-0.39, 0.29) is 12.5 Å². The van der Waals surface area contributed by atoms with Crippen LogP contribution in [0.3, 0.4) is 0 Å². The molecule has 0 radical (unpaired) electrons. The fraction of sp³-hybridized carbons (Fsp3) is 0.150. The minimum absolute atomic E-state index is 0.101. The van der Waals surface area contributed by atoms with Crippen molar-refractivity contribution in [2.24, 2.45) is 0 Å². The van der Waals surface area contributed by atoms with E-state index in [1.807, 2.05) is 31.2 Å². The highest BCUT2D eigenvalue weighted by Crippen LogP contribution is 2.20. The third-order valence-corrected chi connectivity index (χ3v) is 4.11. The van der Waals surface area contributed by atoms with Gasteiger partial charge < -0.3 is 14.4 Å². The Morgan fingerprint density at radius 1 is 1.21 bits per heavy atom. The summed E-state index contributed by atoms with van der Waals surface area (Å²) in [6.45, 7) is 2.67. The summed E-state index contributed by atoms with van der Waals surface area (Å²) in [5.41, 5.74) is 3.55. The first-order valence-electron chi connectivity index (χ1n) is 8.76. The van der Waals surface area contributed by atoms with Crippen LogP contribution in [0.1, 0.15) is 11.1 Å². The van der Waals surface area contributed by atoms with Gasteiger partial charge in [-0.1, -0.05) is 35.0 Å². The number of rotatable bonds is 6. The van der Waals surface area contributed by atoms with Gasteiger partial charge in [0.25, 0.3) is 5.89 Å². The van der Waals surface area contributed by atoms with Crippen LogP contribution in [0, 0.1) is 6.92 Å². The second-order valence-corrected chi connectivity index (χ2v) is 6.36. The topological polar surface area (TPSA) is 98.7 Å². The normalized spacial score (nSPS) is 10.8. The van der Waals surface area contributed by atoms with Crippen LogP contribution in [-0.2, 0) is 17.9 Å². The quantitative estimate of drug-likeness (QED) is 0.557. The number of carbonyl (C=O) groups excluding carboxylic acids is 1. The van der Waals surface area contributed by atoms with Gasteiger partial charge in [-0.3, -0.25) is 9.78 Å². The fourth-order valence-corrected chi connectivity index (χ4v) is 2.75. The molecule has 8 nitrogen and oxygen atoms in total. The molecule has 0 spiro atoms. The lowest BCUT2D eigenvalue weighted by Gasteiger charge is -2.06. The van der Waals surface area contributed by atoms with Crippen LogP contribution in [0.25, 0.3) is 23.0 Å². The van der Waals surface area contributed by atoms with Crippen molar-refractivity contribution in [2.75, 3.05) is 0 Å². The Morgan fingerprint density at radius 2 is 2.07 bits per heavy atom. The largest absolute Gasteiger partial charge is 0.350 e. The van der Waals surface area contributed by atoms with E-state index in [4.69, 9.17) is 4.52 Å². The molecule has 0 aliphatic rings. The van der Waals surface area contributed by atoms with Gasteiger partial charge in [-0.15, -0.1) is 0 Å². The first kappa shape index (κ1) is 17.6. The Labute approximate surface area is 161 Å². The van der Waals surface area contributed by atoms with Crippen molar-refractivity contribution in [3.8, 4) is 23.0 Å². The number of carbonyl (C=O) groups is 1. The van der Waals surface area contributed by atoms with Gasteiger partial charge in [0.15, 0.2) is 0 Å². The Bertz CT molecular complexity index is 1090. The highest BCUT2D eigenvalue weighted by molar-refractivity contribution is 5.75. The number of benzene rings is 1. The second-order valence-electron chi connectivity index (χ2n) is 6.36. The summed E-state index contributed by atoms with van der Waals surface area (Å²) in [6.07, 6.45) is 6.60. The monoisotopic (exact) mass is 374 g/mol. The molecule has 0 fully saturated rings. The Kier molecular flexibility index (Phi) is 4.92. The van der Waals surface area contributed by atoms with Gasteiger partial charge in [0.1, 0.15) is 12.2 Å². The maximum Gasteiger partial charge on any atom is 0.258 e. The van der Waals surface area contributed by atoms with E-state index >= 15 is 0 Å². The molecule has 0 atom stereocenters. The number of hydrogen-bond donors (Lipinski definition) is 1. The van der Waals surface area contributed by atoms with Crippen molar-refractivity contribution < 1.29 is 9.32 Å². The van der Waals surface area contributed by atoms with Gasteiger partial charge in [-0.25, -0.2) is 4.98 Å². The lowest BCUT2D eigenvalue weighted by atomic mass is 10.1. The summed E-state index contributed by atoms with van der Waals surface area (Å²) >= 11 is 0. The van der Waals surface area contributed by atoms with E-state index in [9.17, 15) is 4.79 Å². The van der Waals surface area contributed by atoms with Crippen LogP contribution in [0.4, 0.5) is 0 Å². The molecule has 8 heteroatoms. The van der Waals surface area contributed by atoms with Crippen molar-refractivity contribution in [1.29, 1.82) is 0 Å². The Morgan fingerprint density at radius 3 is 2.89 bits per heavy atom. The molecule has 1 amide bonds. The smallest absolute Gasteiger partial charge is 0.258 e. The Balaban J connectivity index is 1.38. The zero-order valence-corrected chi connectivity index (χ0v) is 15.2. The average molecular weight is 374 g/mol. The standard InChI is InChI=1S/C20H18N6O2/c1-14-3-2-4-15(9-14)10-22-18(27)12-26-11-17(23-13-26)19-24-20(28-25-19)16-5-7-21-8-6-16/h2-9,11,13H,10,12H2,1H3,(H,22,27). The first-order chi connectivity index (χ1) is 13.7. The molecule has 4 aromatic rings. The minimum Gasteiger partial charge on any atom is -0.350 e. The summed E-state index contributed by atoms with van der Waals surface area (Å²) in [6, 6.07) is 11.6. The highest BCUT2D eigenvalue weighted by atomic mass is 16.5. The van der Waals surface area contributed by atoms with Crippen LogP contribution in [0.2, 0.25) is 0 Å². The average Bonchev–Trinajstić information content (AvgIpc) is 3.37. The molecular formula is C20H18N6O2. The number of aryl methyl sites for hydroxylation is 1. The van der Waals surface area contributed by atoms with Crippen molar-refractivity contribution >= 4 is 5.91 Å². The van der Waals surface area contributed by atoms with Gasteiger partial charge >= 0.3 is 0 Å². The molecule has 0 aliphatic heterocycles. The van der Waals surface area contributed by atoms with Crippen LogP contribution in [-0.4, -0.2) is 30.6 Å². The zero-order chi connectivity index (χ0) is 19.3. The number of pyridine rings is 1.